The highest BCUT2D eigenvalue weighted by molar-refractivity contribution is 5.81. The fourth-order valence-corrected chi connectivity index (χ4v) is 1.38. The summed E-state index contributed by atoms with van der Waals surface area (Å²) < 4.78 is 5.35. The molecule has 1 aromatic rings. The van der Waals surface area contributed by atoms with Gasteiger partial charge in [-0.25, -0.2) is 0 Å². The van der Waals surface area contributed by atoms with E-state index in [4.69, 9.17) is 9.84 Å². The Morgan fingerprint density at radius 1 is 1.59 bits per heavy atom. The number of Topliss-reactive ketones (excluding diaryl/α,β-unsaturated/α-hetero) is 1. The van der Waals surface area contributed by atoms with Gasteiger partial charge in [-0.1, -0.05) is 19.9 Å². The van der Waals surface area contributed by atoms with Crippen molar-refractivity contribution in [1.82, 2.24) is 4.98 Å². The number of hydrogen-bond acceptors (Lipinski definition) is 4. The molecular weight excluding hydrogens is 218 g/mol. The van der Waals surface area contributed by atoms with Gasteiger partial charge in [0.15, 0.2) is 5.78 Å². The lowest BCUT2D eigenvalue weighted by molar-refractivity contribution is -0.127. The first kappa shape index (κ1) is 13.8. The van der Waals surface area contributed by atoms with Crippen molar-refractivity contribution in [3.8, 4) is 0 Å². The first-order valence-electron chi connectivity index (χ1n) is 5.83. The number of carbonyl (C=O) groups excluding carboxylic acids is 1. The number of hydrogen-bond donors (Lipinski definition) is 1. The fourth-order valence-electron chi connectivity index (χ4n) is 1.38. The Kier molecular flexibility index (Phi) is 5.80. The first-order valence-corrected chi connectivity index (χ1v) is 5.83. The molecule has 1 atom stereocenters. The number of rotatable bonds is 7. The highest BCUT2D eigenvalue weighted by Crippen LogP contribution is 2.08. The zero-order chi connectivity index (χ0) is 12.7. The van der Waals surface area contributed by atoms with Gasteiger partial charge in [-0.2, -0.15) is 0 Å². The van der Waals surface area contributed by atoms with Crippen LogP contribution in [-0.2, 0) is 22.7 Å². The van der Waals surface area contributed by atoms with E-state index in [-0.39, 0.29) is 24.9 Å². The van der Waals surface area contributed by atoms with Crippen LogP contribution in [0.25, 0.3) is 0 Å². The van der Waals surface area contributed by atoms with Crippen LogP contribution in [0.3, 0.4) is 0 Å². The lowest BCUT2D eigenvalue weighted by Gasteiger charge is -2.09. The number of nitrogens with zero attached hydrogens (tertiary/aromatic N) is 1. The zero-order valence-electron chi connectivity index (χ0n) is 10.3. The number of pyridine rings is 1. The maximum absolute atomic E-state index is 11.5. The van der Waals surface area contributed by atoms with Crippen LogP contribution >= 0.6 is 0 Å². The number of carbonyl (C=O) groups is 1. The third kappa shape index (κ3) is 4.24. The van der Waals surface area contributed by atoms with E-state index >= 15 is 0 Å². The molecule has 0 bridgehead atoms. The maximum Gasteiger partial charge on any atom is 0.161 e. The maximum atomic E-state index is 11.5. The predicted octanol–water partition coefficient (Wildman–Crippen LogP) is 1.71. The Bertz CT molecular complexity index is 365. The normalized spacial score (nSPS) is 12.4. The van der Waals surface area contributed by atoms with E-state index < -0.39 is 0 Å². The van der Waals surface area contributed by atoms with Crippen molar-refractivity contribution in [2.45, 2.75) is 33.5 Å². The molecule has 0 radical (unpaired) electrons. The predicted molar refractivity (Wildman–Crippen MR) is 64.3 cm³/mol. The summed E-state index contributed by atoms with van der Waals surface area (Å²) in [6.45, 7) is 4.20. The summed E-state index contributed by atoms with van der Waals surface area (Å²) in [6, 6.07) is 3.63. The standard InChI is InChI=1S/C13H19NO3/c1-3-10(2)13(16)9-17-8-11-5-4-6-14-12(11)7-15/h4-6,10,15H,3,7-9H2,1-2H3. The van der Waals surface area contributed by atoms with Crippen LogP contribution in [-0.4, -0.2) is 22.5 Å². The third-order valence-corrected chi connectivity index (χ3v) is 2.80. The van der Waals surface area contributed by atoms with Crippen LogP contribution in [0.15, 0.2) is 18.3 Å². The van der Waals surface area contributed by atoms with E-state index in [0.717, 1.165) is 12.0 Å². The Labute approximate surface area is 102 Å². The number of aliphatic hydroxyl groups excluding tert-OH is 1. The van der Waals surface area contributed by atoms with Crippen molar-refractivity contribution in [2.24, 2.45) is 5.92 Å². The van der Waals surface area contributed by atoms with Gasteiger partial charge in [0, 0.05) is 17.7 Å². The van der Waals surface area contributed by atoms with Gasteiger partial charge in [-0.05, 0) is 12.5 Å². The van der Waals surface area contributed by atoms with Gasteiger partial charge >= 0.3 is 0 Å². The molecule has 94 valence electrons. The summed E-state index contributed by atoms with van der Waals surface area (Å²) in [4.78, 5) is 15.6. The summed E-state index contributed by atoms with van der Waals surface area (Å²) in [5, 5.41) is 9.07. The van der Waals surface area contributed by atoms with Crippen molar-refractivity contribution in [3.63, 3.8) is 0 Å². The molecule has 1 aromatic heterocycles. The number of ketones is 1. The molecule has 0 saturated heterocycles. The van der Waals surface area contributed by atoms with Crippen molar-refractivity contribution in [2.75, 3.05) is 6.61 Å². The average Bonchev–Trinajstić information content (AvgIpc) is 2.38. The second-order valence-corrected chi connectivity index (χ2v) is 4.04. The molecule has 1 heterocycles. The van der Waals surface area contributed by atoms with Gasteiger partial charge in [0.1, 0.15) is 6.61 Å². The van der Waals surface area contributed by atoms with Crippen molar-refractivity contribution in [3.05, 3.63) is 29.6 Å². The molecule has 0 saturated carbocycles. The third-order valence-electron chi connectivity index (χ3n) is 2.80. The largest absolute Gasteiger partial charge is 0.390 e. The Hall–Kier alpha value is -1.26. The van der Waals surface area contributed by atoms with E-state index in [9.17, 15) is 4.79 Å². The molecule has 4 nitrogen and oxygen atoms in total. The number of ether oxygens (including phenoxy) is 1. The van der Waals surface area contributed by atoms with Gasteiger partial charge in [0.2, 0.25) is 0 Å². The minimum Gasteiger partial charge on any atom is -0.390 e. The van der Waals surface area contributed by atoms with Gasteiger partial charge in [-0.3, -0.25) is 9.78 Å². The molecular formula is C13H19NO3. The van der Waals surface area contributed by atoms with Crippen molar-refractivity contribution >= 4 is 5.78 Å². The van der Waals surface area contributed by atoms with E-state index in [1.165, 1.54) is 0 Å². The Morgan fingerprint density at radius 2 is 2.35 bits per heavy atom. The summed E-state index contributed by atoms with van der Waals surface area (Å²) in [7, 11) is 0. The molecule has 1 unspecified atom stereocenters. The highest BCUT2D eigenvalue weighted by atomic mass is 16.5. The summed E-state index contributed by atoms with van der Waals surface area (Å²) in [6.07, 6.45) is 2.45. The molecule has 17 heavy (non-hydrogen) atoms. The minimum atomic E-state index is -0.112. The molecule has 1 N–H and O–H groups in total. The minimum absolute atomic E-state index is 0.0428. The summed E-state index contributed by atoms with van der Waals surface area (Å²) in [5.74, 6) is 0.156. The smallest absolute Gasteiger partial charge is 0.161 e. The van der Waals surface area contributed by atoms with Crippen molar-refractivity contribution in [1.29, 1.82) is 0 Å². The quantitative estimate of drug-likeness (QED) is 0.784. The molecule has 0 aliphatic rings. The summed E-state index contributed by atoms with van der Waals surface area (Å²) >= 11 is 0. The van der Waals surface area contributed by atoms with E-state index in [1.54, 1.807) is 12.3 Å². The molecule has 1 rings (SSSR count). The second-order valence-electron chi connectivity index (χ2n) is 4.04. The Balaban J connectivity index is 2.43. The topological polar surface area (TPSA) is 59.4 Å². The lowest BCUT2D eigenvalue weighted by atomic mass is 10.0. The molecule has 0 aliphatic carbocycles. The van der Waals surface area contributed by atoms with E-state index in [0.29, 0.717) is 12.3 Å². The van der Waals surface area contributed by atoms with Gasteiger partial charge in [0.25, 0.3) is 0 Å². The number of aromatic nitrogens is 1. The first-order chi connectivity index (χ1) is 8.19. The molecule has 0 amide bonds. The van der Waals surface area contributed by atoms with Crippen molar-refractivity contribution < 1.29 is 14.6 Å². The average molecular weight is 237 g/mol. The Morgan fingerprint density at radius 3 is 3.00 bits per heavy atom. The fraction of sp³-hybridized carbons (Fsp3) is 0.538. The van der Waals surface area contributed by atoms with Crippen LogP contribution in [0.5, 0.6) is 0 Å². The molecule has 0 fully saturated rings. The zero-order valence-corrected chi connectivity index (χ0v) is 10.3. The van der Waals surface area contributed by atoms with E-state index in [1.807, 2.05) is 19.9 Å². The second kappa shape index (κ2) is 7.14. The highest BCUT2D eigenvalue weighted by Gasteiger charge is 2.11. The molecule has 0 aliphatic heterocycles. The molecule has 0 spiro atoms. The lowest BCUT2D eigenvalue weighted by Crippen LogP contribution is -2.17. The van der Waals surface area contributed by atoms with Crippen LogP contribution in [0.1, 0.15) is 31.5 Å². The van der Waals surface area contributed by atoms with Crippen LogP contribution in [0.2, 0.25) is 0 Å². The summed E-state index contributed by atoms with van der Waals surface area (Å²) in [5.41, 5.74) is 1.43. The van der Waals surface area contributed by atoms with E-state index in [2.05, 4.69) is 4.98 Å². The van der Waals surface area contributed by atoms with Gasteiger partial charge < -0.3 is 9.84 Å². The number of aliphatic hydroxyl groups is 1. The van der Waals surface area contributed by atoms with Crippen LogP contribution in [0.4, 0.5) is 0 Å². The monoisotopic (exact) mass is 237 g/mol. The van der Waals surface area contributed by atoms with Crippen LogP contribution in [0, 0.1) is 5.92 Å². The SMILES string of the molecule is CCC(C)C(=O)COCc1cccnc1CO. The molecule has 0 aromatic carbocycles. The van der Waals surface area contributed by atoms with Crippen LogP contribution < -0.4 is 0 Å². The van der Waals surface area contributed by atoms with Gasteiger partial charge in [0.05, 0.1) is 18.9 Å². The molecule has 4 heteroatoms. The van der Waals surface area contributed by atoms with Gasteiger partial charge in [-0.15, -0.1) is 0 Å².